The summed E-state index contributed by atoms with van der Waals surface area (Å²) in [6, 6.07) is 1.74. The first-order valence-electron chi connectivity index (χ1n) is 6.37. The van der Waals surface area contributed by atoms with E-state index in [9.17, 15) is 4.79 Å². The molecule has 0 aliphatic carbocycles. The van der Waals surface area contributed by atoms with Crippen LogP contribution in [0.15, 0.2) is 10.5 Å². The van der Waals surface area contributed by atoms with Crippen molar-refractivity contribution in [3.8, 4) is 17.2 Å². The average Bonchev–Trinajstić information content (AvgIpc) is 2.45. The summed E-state index contributed by atoms with van der Waals surface area (Å²) in [5, 5.41) is 0. The molecule has 0 aromatic heterocycles. The summed E-state index contributed by atoms with van der Waals surface area (Å²) in [6.45, 7) is 2.11. The van der Waals surface area contributed by atoms with Crippen LogP contribution in [0.3, 0.4) is 0 Å². The Kier molecular flexibility index (Phi) is 10.4. The van der Waals surface area contributed by atoms with Crippen molar-refractivity contribution in [3.05, 3.63) is 16.1 Å². The second-order valence-electron chi connectivity index (χ2n) is 4.11. The molecule has 0 saturated heterocycles. The monoisotopic (exact) mass is 369 g/mol. The molecule has 1 atom stereocenters. The standard InChI is InChI=1S/C14H20BrO4P.Li/c1-5-6-7-20-14(16)11-12(18-3)9(15)8-10(17-2)13(11)19-4;/h8,20H,5-7H2,1-4H3;. The van der Waals surface area contributed by atoms with Gasteiger partial charge in [-0.05, 0) is 37.1 Å². The van der Waals surface area contributed by atoms with Gasteiger partial charge < -0.3 is 14.2 Å². The minimum atomic E-state index is 0. The fourth-order valence-corrected chi connectivity index (χ4v) is 3.55. The van der Waals surface area contributed by atoms with E-state index in [0.29, 0.717) is 27.3 Å². The molecule has 0 heterocycles. The van der Waals surface area contributed by atoms with Gasteiger partial charge in [-0.15, -0.1) is 0 Å². The molecule has 0 aliphatic rings. The summed E-state index contributed by atoms with van der Waals surface area (Å²) in [6.07, 6.45) is 3.01. The molecule has 1 aromatic rings. The zero-order valence-corrected chi connectivity index (χ0v) is 15.8. The predicted molar refractivity (Wildman–Crippen MR) is 92.0 cm³/mol. The van der Waals surface area contributed by atoms with Crippen LogP contribution in [0.25, 0.3) is 0 Å². The minimum absolute atomic E-state index is 0. The molecule has 1 radical (unpaired) electrons. The summed E-state index contributed by atoms with van der Waals surface area (Å²) in [4.78, 5) is 12.5. The van der Waals surface area contributed by atoms with Crippen LogP contribution in [0.5, 0.6) is 17.2 Å². The number of carbonyl (C=O) groups excluding carboxylic acids is 1. The van der Waals surface area contributed by atoms with E-state index in [-0.39, 0.29) is 33.0 Å². The molecule has 0 spiro atoms. The van der Waals surface area contributed by atoms with Crippen LogP contribution < -0.4 is 14.2 Å². The van der Waals surface area contributed by atoms with Gasteiger partial charge in [0.1, 0.15) is 11.3 Å². The third-order valence-electron chi connectivity index (χ3n) is 2.82. The van der Waals surface area contributed by atoms with Crippen molar-refractivity contribution in [1.82, 2.24) is 0 Å². The summed E-state index contributed by atoms with van der Waals surface area (Å²) in [7, 11) is 4.82. The number of hydrogen-bond acceptors (Lipinski definition) is 4. The van der Waals surface area contributed by atoms with Crippen molar-refractivity contribution in [1.29, 1.82) is 0 Å². The maximum absolute atomic E-state index is 12.5. The number of carbonyl (C=O) groups is 1. The molecule has 0 saturated carbocycles. The molecule has 0 amide bonds. The van der Waals surface area contributed by atoms with Gasteiger partial charge >= 0.3 is 0 Å². The molecule has 0 fully saturated rings. The number of benzene rings is 1. The second kappa shape index (κ2) is 10.5. The van der Waals surface area contributed by atoms with Gasteiger partial charge in [-0.2, -0.15) is 0 Å². The number of unbranched alkanes of at least 4 members (excludes halogenated alkanes) is 1. The molecule has 113 valence electrons. The summed E-state index contributed by atoms with van der Waals surface area (Å²) < 4.78 is 16.7. The maximum Gasteiger partial charge on any atom is 0.188 e. The Labute approximate surface area is 148 Å². The van der Waals surface area contributed by atoms with E-state index >= 15 is 0 Å². The second-order valence-corrected chi connectivity index (χ2v) is 6.27. The van der Waals surface area contributed by atoms with Crippen molar-refractivity contribution < 1.29 is 19.0 Å². The van der Waals surface area contributed by atoms with E-state index in [0.717, 1.165) is 19.0 Å². The van der Waals surface area contributed by atoms with E-state index in [1.165, 1.54) is 14.2 Å². The van der Waals surface area contributed by atoms with Crippen LogP contribution in [-0.4, -0.2) is 51.9 Å². The number of hydrogen-bond donors (Lipinski definition) is 0. The Balaban J connectivity index is 0.00000400. The zero-order valence-electron chi connectivity index (χ0n) is 13.2. The third-order valence-corrected chi connectivity index (χ3v) is 4.59. The summed E-state index contributed by atoms with van der Waals surface area (Å²) in [5.74, 6) is 1.45. The Morgan fingerprint density at radius 1 is 1.19 bits per heavy atom. The Bertz CT molecular complexity index is 483. The number of rotatable bonds is 8. The van der Waals surface area contributed by atoms with E-state index < -0.39 is 0 Å². The Hall–Kier alpha value is -0.203. The van der Waals surface area contributed by atoms with Crippen molar-refractivity contribution in [2.75, 3.05) is 27.5 Å². The molecule has 21 heavy (non-hydrogen) atoms. The molecule has 0 bridgehead atoms. The topological polar surface area (TPSA) is 44.8 Å². The van der Waals surface area contributed by atoms with Gasteiger partial charge in [-0.1, -0.05) is 13.3 Å². The molecular weight excluding hydrogens is 350 g/mol. The van der Waals surface area contributed by atoms with E-state index in [4.69, 9.17) is 14.2 Å². The molecule has 4 nitrogen and oxygen atoms in total. The van der Waals surface area contributed by atoms with Crippen molar-refractivity contribution in [2.45, 2.75) is 19.8 Å². The van der Waals surface area contributed by atoms with E-state index in [1.54, 1.807) is 13.2 Å². The van der Waals surface area contributed by atoms with Crippen molar-refractivity contribution in [2.24, 2.45) is 0 Å². The maximum atomic E-state index is 12.5. The number of halogens is 1. The van der Waals surface area contributed by atoms with Crippen LogP contribution in [0, 0.1) is 0 Å². The van der Waals surface area contributed by atoms with Crippen LogP contribution >= 0.6 is 24.5 Å². The van der Waals surface area contributed by atoms with E-state index in [2.05, 4.69) is 22.9 Å². The number of methoxy groups -OCH3 is 3. The first-order valence-corrected chi connectivity index (χ1v) is 8.37. The van der Waals surface area contributed by atoms with Gasteiger partial charge in [0, 0.05) is 24.9 Å². The predicted octanol–water partition coefficient (Wildman–Crippen LogP) is 3.71. The molecule has 1 aromatic carbocycles. The molecule has 0 N–H and O–H groups in total. The Morgan fingerprint density at radius 2 is 1.81 bits per heavy atom. The van der Waals surface area contributed by atoms with Gasteiger partial charge in [-0.3, -0.25) is 4.79 Å². The van der Waals surface area contributed by atoms with Crippen LogP contribution in [0.2, 0.25) is 0 Å². The quantitative estimate of drug-likeness (QED) is 0.398. The van der Waals surface area contributed by atoms with Crippen LogP contribution in [-0.2, 0) is 0 Å². The SMILES string of the molecule is CCCCPC(=O)c1c(OC)c(Br)cc(OC)c1OC.[Li]. The third kappa shape index (κ3) is 5.18. The smallest absolute Gasteiger partial charge is 0.188 e. The van der Waals surface area contributed by atoms with Gasteiger partial charge in [0.05, 0.1) is 25.8 Å². The van der Waals surface area contributed by atoms with Gasteiger partial charge in [0.25, 0.3) is 0 Å². The van der Waals surface area contributed by atoms with Crippen molar-refractivity contribution in [3.63, 3.8) is 0 Å². The van der Waals surface area contributed by atoms with Crippen molar-refractivity contribution >= 4 is 48.9 Å². The first-order chi connectivity index (χ1) is 9.60. The fourth-order valence-electron chi connectivity index (χ4n) is 1.82. The summed E-state index contributed by atoms with van der Waals surface area (Å²) >= 11 is 3.40. The first kappa shape index (κ1) is 20.8. The van der Waals surface area contributed by atoms with Gasteiger partial charge in [-0.25, -0.2) is 0 Å². The number of ether oxygens (including phenoxy) is 3. The van der Waals surface area contributed by atoms with Gasteiger partial charge in [0.15, 0.2) is 17.0 Å². The minimum Gasteiger partial charge on any atom is -0.495 e. The molecule has 7 heteroatoms. The average molecular weight is 370 g/mol. The summed E-state index contributed by atoms with van der Waals surface area (Å²) in [5.41, 5.74) is 0.488. The normalized spacial score (nSPS) is 10.3. The van der Waals surface area contributed by atoms with E-state index in [1.807, 2.05) is 0 Å². The molecule has 1 rings (SSSR count). The van der Waals surface area contributed by atoms with Crippen LogP contribution in [0.1, 0.15) is 30.1 Å². The largest absolute Gasteiger partial charge is 0.495 e. The van der Waals surface area contributed by atoms with Crippen LogP contribution in [0.4, 0.5) is 0 Å². The molecular formula is C14H20BrLiO4P. The fraction of sp³-hybridized carbons (Fsp3) is 0.500. The molecule has 1 unspecified atom stereocenters. The Morgan fingerprint density at radius 3 is 2.29 bits per heavy atom. The zero-order chi connectivity index (χ0) is 15.1. The molecule has 0 aliphatic heterocycles. The van der Waals surface area contributed by atoms with Gasteiger partial charge in [0.2, 0.25) is 0 Å².